The smallest absolute Gasteiger partial charge is 0.160 e. The molecule has 1 unspecified atom stereocenters. The second-order valence-corrected chi connectivity index (χ2v) is 9.16. The maximum absolute atomic E-state index is 10.3. The first-order valence-corrected chi connectivity index (χ1v) is 12.4. The van der Waals surface area contributed by atoms with Crippen LogP contribution >= 0.6 is 11.3 Å². The zero-order valence-electron chi connectivity index (χ0n) is 20.2. The van der Waals surface area contributed by atoms with E-state index in [0.717, 1.165) is 57.6 Å². The third-order valence-electron chi connectivity index (χ3n) is 5.66. The van der Waals surface area contributed by atoms with Gasteiger partial charge in [-0.05, 0) is 72.8 Å². The molecule has 4 rings (SSSR count). The van der Waals surface area contributed by atoms with Crippen LogP contribution in [0.15, 0.2) is 60.1 Å². The van der Waals surface area contributed by atoms with Gasteiger partial charge in [-0.1, -0.05) is 12.1 Å². The fourth-order valence-electron chi connectivity index (χ4n) is 3.77. The molecule has 2 aromatic heterocycles. The SMILES string of the molecule is COc1ccc(CCNCC(O)COc2ccc(-c3ncc(-c4cccs4)[nH]3)cc2C)cc1OC. The first-order valence-electron chi connectivity index (χ1n) is 11.5. The van der Waals surface area contributed by atoms with Crippen LogP contribution in [0.2, 0.25) is 0 Å². The minimum Gasteiger partial charge on any atom is -0.493 e. The number of ether oxygens (including phenoxy) is 3. The molecule has 0 amide bonds. The van der Waals surface area contributed by atoms with Gasteiger partial charge in [0, 0.05) is 12.1 Å². The standard InChI is InChI=1S/C27H31N3O4S/c1-18-13-20(27-29-16-22(30-27)26-5-4-12-35-26)7-9-23(18)34-17-21(31)15-28-11-10-19-6-8-24(32-2)25(14-19)33-3/h4-9,12-14,16,21,28,31H,10-11,15,17H2,1-3H3,(H,29,30). The molecular formula is C27H31N3O4S. The highest BCUT2D eigenvalue weighted by atomic mass is 32.1. The number of nitrogens with one attached hydrogen (secondary N) is 2. The number of nitrogens with zero attached hydrogens (tertiary/aromatic N) is 1. The maximum Gasteiger partial charge on any atom is 0.160 e. The summed E-state index contributed by atoms with van der Waals surface area (Å²) in [6, 6.07) is 15.9. The molecule has 8 heteroatoms. The van der Waals surface area contributed by atoms with Gasteiger partial charge in [-0.2, -0.15) is 0 Å². The second kappa shape index (κ2) is 11.9. The Balaban J connectivity index is 1.23. The highest BCUT2D eigenvalue weighted by Gasteiger charge is 2.11. The summed E-state index contributed by atoms with van der Waals surface area (Å²) in [5, 5.41) is 15.7. The number of benzene rings is 2. The molecule has 4 aromatic rings. The molecule has 0 aliphatic carbocycles. The van der Waals surface area contributed by atoms with E-state index >= 15 is 0 Å². The Bertz CT molecular complexity index is 1220. The first kappa shape index (κ1) is 24.8. The van der Waals surface area contributed by atoms with E-state index in [9.17, 15) is 5.11 Å². The Morgan fingerprint density at radius 2 is 1.89 bits per heavy atom. The topological polar surface area (TPSA) is 88.6 Å². The Morgan fingerprint density at radius 3 is 2.63 bits per heavy atom. The van der Waals surface area contributed by atoms with Crippen molar-refractivity contribution in [2.24, 2.45) is 0 Å². The number of methoxy groups -OCH3 is 2. The van der Waals surface area contributed by atoms with Crippen molar-refractivity contribution in [1.29, 1.82) is 0 Å². The first-order chi connectivity index (χ1) is 17.1. The van der Waals surface area contributed by atoms with E-state index in [1.54, 1.807) is 25.6 Å². The van der Waals surface area contributed by atoms with Gasteiger partial charge in [0.15, 0.2) is 11.5 Å². The molecule has 0 aliphatic heterocycles. The van der Waals surface area contributed by atoms with E-state index in [1.165, 1.54) is 0 Å². The molecule has 0 saturated carbocycles. The fraction of sp³-hybridized carbons (Fsp3) is 0.296. The summed E-state index contributed by atoms with van der Waals surface area (Å²) in [5.41, 5.74) is 4.13. The summed E-state index contributed by atoms with van der Waals surface area (Å²) >= 11 is 1.68. The van der Waals surface area contributed by atoms with Gasteiger partial charge < -0.3 is 29.6 Å². The highest BCUT2D eigenvalue weighted by Crippen LogP contribution is 2.29. The molecule has 2 heterocycles. The summed E-state index contributed by atoms with van der Waals surface area (Å²) in [6.45, 7) is 3.39. The zero-order chi connectivity index (χ0) is 24.6. The van der Waals surface area contributed by atoms with Crippen LogP contribution in [-0.4, -0.2) is 55.1 Å². The Hall–Kier alpha value is -3.33. The van der Waals surface area contributed by atoms with E-state index in [2.05, 4.69) is 26.7 Å². The third-order valence-corrected chi connectivity index (χ3v) is 6.56. The number of H-pyrrole nitrogens is 1. The molecular weight excluding hydrogens is 462 g/mol. The van der Waals surface area contributed by atoms with Gasteiger partial charge in [0.2, 0.25) is 0 Å². The molecule has 3 N–H and O–H groups in total. The number of aliphatic hydroxyl groups is 1. The van der Waals surface area contributed by atoms with Crippen molar-refractivity contribution >= 4 is 11.3 Å². The number of rotatable bonds is 12. The summed E-state index contributed by atoms with van der Waals surface area (Å²) in [5.74, 6) is 3.01. The monoisotopic (exact) mass is 493 g/mol. The lowest BCUT2D eigenvalue weighted by Crippen LogP contribution is -2.32. The normalized spacial score (nSPS) is 11.9. The molecule has 184 valence electrons. The maximum atomic E-state index is 10.3. The summed E-state index contributed by atoms with van der Waals surface area (Å²) in [7, 11) is 3.25. The van der Waals surface area contributed by atoms with Crippen molar-refractivity contribution in [1.82, 2.24) is 15.3 Å². The number of aromatic nitrogens is 2. The number of aryl methyl sites for hydroxylation is 1. The average Bonchev–Trinajstić information content (AvgIpc) is 3.58. The van der Waals surface area contributed by atoms with Crippen molar-refractivity contribution < 1.29 is 19.3 Å². The van der Waals surface area contributed by atoms with E-state index in [-0.39, 0.29) is 6.61 Å². The predicted octanol–water partition coefficient (Wildman–Crippen LogP) is 4.70. The molecule has 0 fully saturated rings. The molecule has 1 atom stereocenters. The molecule has 0 aliphatic rings. The number of thiophene rings is 1. The van der Waals surface area contributed by atoms with Crippen LogP contribution in [0.4, 0.5) is 0 Å². The van der Waals surface area contributed by atoms with E-state index in [4.69, 9.17) is 14.2 Å². The lowest BCUT2D eigenvalue weighted by Gasteiger charge is -2.15. The molecule has 0 radical (unpaired) electrons. The zero-order valence-corrected chi connectivity index (χ0v) is 21.0. The lowest BCUT2D eigenvalue weighted by atomic mass is 10.1. The van der Waals surface area contributed by atoms with Gasteiger partial charge in [-0.3, -0.25) is 0 Å². The minimum absolute atomic E-state index is 0.215. The fourth-order valence-corrected chi connectivity index (χ4v) is 4.46. The molecule has 0 bridgehead atoms. The van der Waals surface area contributed by atoms with Crippen LogP contribution in [-0.2, 0) is 6.42 Å². The van der Waals surface area contributed by atoms with Crippen LogP contribution in [0, 0.1) is 6.92 Å². The quantitative estimate of drug-likeness (QED) is 0.248. The van der Waals surface area contributed by atoms with Crippen molar-refractivity contribution in [3.63, 3.8) is 0 Å². The van der Waals surface area contributed by atoms with Crippen molar-refractivity contribution in [3.05, 3.63) is 71.2 Å². The largest absolute Gasteiger partial charge is 0.493 e. The predicted molar refractivity (Wildman–Crippen MR) is 140 cm³/mol. The Labute approximate surface area is 209 Å². The van der Waals surface area contributed by atoms with Crippen LogP contribution < -0.4 is 19.5 Å². The number of aromatic amines is 1. The molecule has 0 saturated heterocycles. The highest BCUT2D eigenvalue weighted by molar-refractivity contribution is 7.13. The van der Waals surface area contributed by atoms with Gasteiger partial charge in [-0.25, -0.2) is 4.98 Å². The lowest BCUT2D eigenvalue weighted by molar-refractivity contribution is 0.106. The summed E-state index contributed by atoms with van der Waals surface area (Å²) < 4.78 is 16.5. The van der Waals surface area contributed by atoms with Crippen LogP contribution in [0.3, 0.4) is 0 Å². The third kappa shape index (κ3) is 6.42. The molecule has 0 spiro atoms. The van der Waals surface area contributed by atoms with Gasteiger partial charge in [0.05, 0.1) is 31.0 Å². The number of hydrogen-bond acceptors (Lipinski definition) is 7. The van der Waals surface area contributed by atoms with Crippen molar-refractivity contribution in [2.75, 3.05) is 33.9 Å². The molecule has 7 nitrogen and oxygen atoms in total. The van der Waals surface area contributed by atoms with Crippen molar-refractivity contribution in [2.45, 2.75) is 19.4 Å². The van der Waals surface area contributed by atoms with Gasteiger partial charge >= 0.3 is 0 Å². The van der Waals surface area contributed by atoms with Crippen LogP contribution in [0.1, 0.15) is 11.1 Å². The van der Waals surface area contributed by atoms with E-state index < -0.39 is 6.10 Å². The van der Waals surface area contributed by atoms with E-state index in [0.29, 0.717) is 12.3 Å². The Kier molecular flexibility index (Phi) is 8.41. The summed E-state index contributed by atoms with van der Waals surface area (Å²) in [6.07, 6.45) is 2.06. The van der Waals surface area contributed by atoms with Crippen LogP contribution in [0.25, 0.3) is 22.0 Å². The number of aliphatic hydroxyl groups excluding tert-OH is 1. The molecule has 35 heavy (non-hydrogen) atoms. The van der Waals surface area contributed by atoms with Gasteiger partial charge in [0.1, 0.15) is 24.3 Å². The van der Waals surface area contributed by atoms with Crippen molar-refractivity contribution in [3.8, 4) is 39.2 Å². The van der Waals surface area contributed by atoms with E-state index in [1.807, 2.05) is 55.6 Å². The molecule has 2 aromatic carbocycles. The number of hydrogen-bond donors (Lipinski definition) is 3. The van der Waals surface area contributed by atoms with Gasteiger partial charge in [0.25, 0.3) is 0 Å². The number of imidazole rings is 1. The second-order valence-electron chi connectivity index (χ2n) is 8.21. The minimum atomic E-state index is -0.613. The Morgan fingerprint density at radius 1 is 1.06 bits per heavy atom. The summed E-state index contributed by atoms with van der Waals surface area (Å²) in [4.78, 5) is 9.06. The van der Waals surface area contributed by atoms with Gasteiger partial charge in [-0.15, -0.1) is 11.3 Å². The van der Waals surface area contributed by atoms with Crippen LogP contribution in [0.5, 0.6) is 17.2 Å². The average molecular weight is 494 g/mol.